The van der Waals surface area contributed by atoms with Crippen molar-refractivity contribution in [2.24, 2.45) is 0 Å². The van der Waals surface area contributed by atoms with Gasteiger partial charge in [-0.3, -0.25) is 14.9 Å². The van der Waals surface area contributed by atoms with Crippen LogP contribution in [0.2, 0.25) is 0 Å². The third-order valence-corrected chi connectivity index (χ3v) is 12.3. The van der Waals surface area contributed by atoms with Crippen molar-refractivity contribution in [1.82, 2.24) is 19.9 Å². The zero-order valence-electron chi connectivity index (χ0n) is 30.1. The maximum absolute atomic E-state index is 6.35. The first kappa shape index (κ1) is 35.7. The van der Waals surface area contributed by atoms with E-state index in [2.05, 4.69) is 68.6 Å². The number of hydrogen-bond acceptors (Lipinski definition) is 12. The van der Waals surface area contributed by atoms with E-state index >= 15 is 0 Å². The lowest BCUT2D eigenvalue weighted by Crippen LogP contribution is -2.37. The molecule has 5 aromatic rings. The summed E-state index contributed by atoms with van der Waals surface area (Å²) in [6.45, 7) is 9.92. The smallest absolute Gasteiger partial charge is 0.216 e. The molecule has 2 saturated heterocycles. The Balaban J connectivity index is 1.04. The minimum atomic E-state index is 0.0371. The van der Waals surface area contributed by atoms with Gasteiger partial charge >= 0.3 is 0 Å². The van der Waals surface area contributed by atoms with Gasteiger partial charge in [-0.25, -0.2) is 4.98 Å². The molecule has 0 radical (unpaired) electrons. The molecule has 10 nitrogen and oxygen atoms in total. The van der Waals surface area contributed by atoms with E-state index in [4.69, 9.17) is 28.9 Å². The molecule has 1 unspecified atom stereocenters. The van der Waals surface area contributed by atoms with Crippen LogP contribution in [0.4, 0.5) is 11.4 Å². The summed E-state index contributed by atoms with van der Waals surface area (Å²) >= 11 is 3.61. The van der Waals surface area contributed by atoms with E-state index < -0.39 is 0 Å². The molecular weight excluding hydrogens is 705 g/mol. The van der Waals surface area contributed by atoms with Crippen LogP contribution in [-0.2, 0) is 16.1 Å². The van der Waals surface area contributed by atoms with Crippen LogP contribution in [0.1, 0.15) is 29.4 Å². The van der Waals surface area contributed by atoms with E-state index in [0.717, 1.165) is 97.7 Å². The number of nitrogens with one attached hydrogen (secondary N) is 1. The van der Waals surface area contributed by atoms with Gasteiger partial charge in [0.05, 0.1) is 62.9 Å². The van der Waals surface area contributed by atoms with Crippen molar-refractivity contribution in [3.8, 4) is 22.9 Å². The van der Waals surface area contributed by atoms with E-state index in [1.54, 1.807) is 30.6 Å². The fourth-order valence-corrected chi connectivity index (χ4v) is 9.10. The predicted molar refractivity (Wildman–Crippen MR) is 210 cm³/mol. The first-order chi connectivity index (χ1) is 26.1. The van der Waals surface area contributed by atoms with Gasteiger partial charge in [0, 0.05) is 81.5 Å². The Morgan fingerprint density at radius 2 is 1.64 bits per heavy atom. The molecule has 5 heterocycles. The highest BCUT2D eigenvalue weighted by Crippen LogP contribution is 2.52. The molecule has 0 aliphatic carbocycles. The second-order valence-electron chi connectivity index (χ2n) is 13.3. The zero-order valence-corrected chi connectivity index (χ0v) is 31.8. The van der Waals surface area contributed by atoms with Crippen LogP contribution in [0.15, 0.2) is 105 Å². The van der Waals surface area contributed by atoms with Crippen LogP contribution in [-0.4, -0.2) is 86.1 Å². The van der Waals surface area contributed by atoms with Crippen LogP contribution >= 0.6 is 23.5 Å². The van der Waals surface area contributed by atoms with Crippen molar-refractivity contribution in [3.05, 3.63) is 102 Å². The molecule has 2 aromatic heterocycles. The molecular formula is C41H44N6O4S2. The number of anilines is 2. The number of benzene rings is 3. The van der Waals surface area contributed by atoms with E-state index in [9.17, 15) is 0 Å². The van der Waals surface area contributed by atoms with Crippen LogP contribution in [0.5, 0.6) is 11.6 Å². The Labute approximate surface area is 319 Å². The van der Waals surface area contributed by atoms with Gasteiger partial charge in [0.2, 0.25) is 5.88 Å². The molecule has 8 rings (SSSR count). The fourth-order valence-electron chi connectivity index (χ4n) is 6.69. The topological polar surface area (TPSA) is 94.1 Å². The number of morpholine rings is 2. The van der Waals surface area contributed by atoms with Gasteiger partial charge in [0.25, 0.3) is 0 Å². The Morgan fingerprint density at radius 1 is 0.830 bits per heavy atom. The van der Waals surface area contributed by atoms with Crippen LogP contribution in [0.25, 0.3) is 11.3 Å². The number of aromatic nitrogens is 3. The number of rotatable bonds is 12. The minimum Gasteiger partial charge on any atom is -0.497 e. The van der Waals surface area contributed by atoms with Crippen molar-refractivity contribution < 1.29 is 18.9 Å². The molecule has 3 aliphatic rings. The fraction of sp³-hybridized carbons (Fsp3) is 0.341. The summed E-state index contributed by atoms with van der Waals surface area (Å²) in [4.78, 5) is 24.1. The van der Waals surface area contributed by atoms with E-state index in [1.807, 2.05) is 43.6 Å². The SMILES string of the molecule is COc1ccc(COc2cc(N3CCOCC3)cc(-c3cccc4c3Sc3ccc(NC(CCN5CCOCC5)c5cnc(C)cn5)cc3S4)n2)cc1. The summed E-state index contributed by atoms with van der Waals surface area (Å²) in [6, 6.07) is 25.4. The summed E-state index contributed by atoms with van der Waals surface area (Å²) < 4.78 is 22.9. The van der Waals surface area contributed by atoms with Crippen molar-refractivity contribution in [2.75, 3.05) is 76.5 Å². The number of fused-ring (bicyclic) bond motifs is 2. The number of hydrogen-bond donors (Lipinski definition) is 1. The van der Waals surface area contributed by atoms with E-state index in [1.165, 1.54) is 19.6 Å². The summed E-state index contributed by atoms with van der Waals surface area (Å²) in [6.07, 6.45) is 4.68. The van der Waals surface area contributed by atoms with Crippen molar-refractivity contribution >= 4 is 34.9 Å². The number of nitrogens with zero attached hydrogens (tertiary/aromatic N) is 5. The molecule has 2 fully saturated rings. The predicted octanol–water partition coefficient (Wildman–Crippen LogP) is 7.76. The van der Waals surface area contributed by atoms with Crippen LogP contribution < -0.4 is 19.7 Å². The molecule has 1 N–H and O–H groups in total. The van der Waals surface area contributed by atoms with Crippen LogP contribution in [0.3, 0.4) is 0 Å². The summed E-state index contributed by atoms with van der Waals surface area (Å²) in [5.41, 5.74) is 7.08. The maximum atomic E-state index is 6.35. The highest BCUT2D eigenvalue weighted by molar-refractivity contribution is 8.05. The third-order valence-electron chi connectivity index (χ3n) is 9.68. The lowest BCUT2D eigenvalue weighted by atomic mass is 10.1. The van der Waals surface area contributed by atoms with Crippen molar-refractivity contribution in [2.45, 2.75) is 45.6 Å². The molecule has 0 amide bonds. The molecule has 0 bridgehead atoms. The number of methoxy groups -OCH3 is 1. The molecule has 274 valence electrons. The Bertz CT molecular complexity index is 2000. The lowest BCUT2D eigenvalue weighted by molar-refractivity contribution is 0.0368. The number of aryl methyl sites for hydroxylation is 1. The van der Waals surface area contributed by atoms with Gasteiger partial charge in [-0.1, -0.05) is 47.8 Å². The molecule has 0 saturated carbocycles. The normalized spacial score (nSPS) is 16.4. The summed E-state index contributed by atoms with van der Waals surface area (Å²) in [7, 11) is 1.67. The zero-order chi connectivity index (χ0) is 36.0. The second kappa shape index (κ2) is 16.8. The molecule has 1 atom stereocenters. The molecule has 3 aromatic carbocycles. The summed E-state index contributed by atoms with van der Waals surface area (Å²) in [5.74, 6) is 1.42. The minimum absolute atomic E-state index is 0.0371. The third kappa shape index (κ3) is 8.74. The van der Waals surface area contributed by atoms with Gasteiger partial charge in [-0.2, -0.15) is 0 Å². The largest absolute Gasteiger partial charge is 0.497 e. The average Bonchev–Trinajstić information content (AvgIpc) is 3.21. The van der Waals surface area contributed by atoms with Crippen LogP contribution in [0, 0.1) is 6.92 Å². The van der Waals surface area contributed by atoms with Gasteiger partial charge in [-0.05, 0) is 61.4 Å². The maximum Gasteiger partial charge on any atom is 0.216 e. The molecule has 3 aliphatic heterocycles. The quantitative estimate of drug-likeness (QED) is 0.133. The molecule has 12 heteroatoms. The lowest BCUT2D eigenvalue weighted by Gasteiger charge is -2.29. The Morgan fingerprint density at radius 3 is 2.42 bits per heavy atom. The second-order valence-corrected chi connectivity index (χ2v) is 15.4. The first-order valence-corrected chi connectivity index (χ1v) is 19.8. The number of pyridine rings is 1. The van der Waals surface area contributed by atoms with Crippen molar-refractivity contribution in [3.63, 3.8) is 0 Å². The molecule has 53 heavy (non-hydrogen) atoms. The summed E-state index contributed by atoms with van der Waals surface area (Å²) in [5, 5.41) is 3.81. The van der Waals surface area contributed by atoms with Gasteiger partial charge in [0.15, 0.2) is 0 Å². The van der Waals surface area contributed by atoms with Gasteiger partial charge in [0.1, 0.15) is 12.4 Å². The number of ether oxygens (including phenoxy) is 4. The average molecular weight is 749 g/mol. The Kier molecular flexibility index (Phi) is 11.3. The monoisotopic (exact) mass is 748 g/mol. The van der Waals surface area contributed by atoms with E-state index in [0.29, 0.717) is 25.7 Å². The first-order valence-electron chi connectivity index (χ1n) is 18.2. The van der Waals surface area contributed by atoms with E-state index in [-0.39, 0.29) is 6.04 Å². The Hall–Kier alpha value is -4.33. The van der Waals surface area contributed by atoms with Crippen molar-refractivity contribution in [1.29, 1.82) is 0 Å². The highest BCUT2D eigenvalue weighted by Gasteiger charge is 2.24. The highest BCUT2D eigenvalue weighted by atomic mass is 32.2. The van der Waals surface area contributed by atoms with Gasteiger partial charge in [-0.15, -0.1) is 0 Å². The standard InChI is InChI=1S/C41H44N6O4S2/c1-28-25-43-36(26-42-28)34(12-13-46-14-18-49-19-15-46)44-30-8-11-37-39(22-30)52-38-5-3-4-33(41(38)53-37)35-23-31(47-16-20-50-21-17-47)24-40(45-35)51-27-29-6-9-32(48-2)10-7-29/h3-11,22-26,34,44H,12-21,27H2,1-2H3. The molecule has 0 spiro atoms. The van der Waals surface area contributed by atoms with Gasteiger partial charge < -0.3 is 29.2 Å².